The molecule has 3 aliphatic rings. The van der Waals surface area contributed by atoms with Crippen LogP contribution in [0.25, 0.3) is 10.4 Å². The van der Waals surface area contributed by atoms with Gasteiger partial charge in [0.15, 0.2) is 5.67 Å². The Bertz CT molecular complexity index is 1470. The Hall–Kier alpha value is -3.17. The van der Waals surface area contributed by atoms with Gasteiger partial charge in [-0.15, -0.1) is 11.3 Å². The lowest BCUT2D eigenvalue weighted by Gasteiger charge is -2.35. The third kappa shape index (κ3) is 9.54. The molecular weight excluding hydrogens is 651 g/mol. The number of benzene rings is 1. The lowest BCUT2D eigenvalue weighted by molar-refractivity contribution is -0.145. The van der Waals surface area contributed by atoms with Crippen molar-refractivity contribution < 1.29 is 33.4 Å². The molecule has 0 radical (unpaired) electrons. The van der Waals surface area contributed by atoms with E-state index in [4.69, 9.17) is 15.2 Å². The molecular formula is C35H51FN6O6S. The minimum Gasteiger partial charge on any atom is -0.491 e. The topological polar surface area (TPSA) is 159 Å². The number of aliphatic hydroxyl groups excluding tert-OH is 1. The van der Waals surface area contributed by atoms with Gasteiger partial charge < -0.3 is 40.7 Å². The molecule has 14 heteroatoms. The van der Waals surface area contributed by atoms with E-state index in [1.165, 1.54) is 16.2 Å². The van der Waals surface area contributed by atoms with E-state index in [-0.39, 0.29) is 32.4 Å². The van der Waals surface area contributed by atoms with Gasteiger partial charge in [-0.25, -0.2) is 9.37 Å². The van der Waals surface area contributed by atoms with Gasteiger partial charge in [-0.1, -0.05) is 32.9 Å². The standard InChI is InChI=1S/C35H51FN6O6S/c1-22-29(49-21-39-22)23-5-6-24(28(17-23)48-16-15-47-14-13-41-11-7-25(37)8-12-41)19-38-31(44)27-18-26(43)20-42(27)32(45)30(34(2,3)4)40-33(46)35(36)9-10-35/h5-6,17,21,25-27,30,43H,7-16,18-20,37H2,1-4H3,(H,38,44)(H,40,46)/t26?,27?,30-/m1/s1. The molecule has 3 amide bonds. The number of halogens is 1. The van der Waals surface area contributed by atoms with Crippen LogP contribution in [0.4, 0.5) is 4.39 Å². The van der Waals surface area contributed by atoms with Crippen LogP contribution in [-0.4, -0.2) is 114 Å². The molecule has 1 aromatic carbocycles. The number of carbonyl (C=O) groups is 3. The minimum absolute atomic E-state index is 0.0456. The fraction of sp³-hybridized carbons (Fsp3) is 0.657. The lowest BCUT2D eigenvalue weighted by atomic mass is 9.85. The van der Waals surface area contributed by atoms with Gasteiger partial charge in [0.2, 0.25) is 11.8 Å². The lowest BCUT2D eigenvalue weighted by Crippen LogP contribution is -2.59. The van der Waals surface area contributed by atoms with Gasteiger partial charge in [0.05, 0.1) is 35.4 Å². The van der Waals surface area contributed by atoms with E-state index in [1.807, 2.05) is 25.1 Å². The molecule has 3 fully saturated rings. The third-order valence-electron chi connectivity index (χ3n) is 9.55. The quantitative estimate of drug-likeness (QED) is 0.217. The van der Waals surface area contributed by atoms with Gasteiger partial charge in [0, 0.05) is 37.7 Å². The van der Waals surface area contributed by atoms with Crippen LogP contribution in [-0.2, 0) is 25.7 Å². The number of likely N-dealkylation sites (tertiary alicyclic amines) is 2. The van der Waals surface area contributed by atoms with E-state index >= 15 is 0 Å². The molecule has 1 aliphatic carbocycles. The summed E-state index contributed by atoms with van der Waals surface area (Å²) in [7, 11) is 0. The van der Waals surface area contributed by atoms with E-state index in [9.17, 15) is 23.9 Å². The largest absolute Gasteiger partial charge is 0.491 e. The first-order valence-corrected chi connectivity index (χ1v) is 18.1. The summed E-state index contributed by atoms with van der Waals surface area (Å²) in [5.41, 5.74) is 7.68. The first-order chi connectivity index (χ1) is 23.2. The van der Waals surface area contributed by atoms with Gasteiger partial charge in [0.1, 0.15) is 24.4 Å². The number of ether oxygens (including phenoxy) is 2. The zero-order chi connectivity index (χ0) is 35.3. The van der Waals surface area contributed by atoms with Crippen molar-refractivity contribution in [3.8, 4) is 16.2 Å². The molecule has 2 unspecified atom stereocenters. The smallest absolute Gasteiger partial charge is 0.258 e. The number of rotatable bonds is 14. The van der Waals surface area contributed by atoms with Crippen LogP contribution >= 0.6 is 11.3 Å². The summed E-state index contributed by atoms with van der Waals surface area (Å²) in [6, 6.07) is 4.04. The predicted octanol–water partition coefficient (Wildman–Crippen LogP) is 2.55. The van der Waals surface area contributed by atoms with E-state index < -0.39 is 47.0 Å². The normalized spacial score (nSPS) is 21.7. The maximum Gasteiger partial charge on any atom is 0.258 e. The van der Waals surface area contributed by atoms with Crippen molar-refractivity contribution in [1.29, 1.82) is 0 Å². The number of piperidine rings is 1. The van der Waals surface area contributed by atoms with Crippen molar-refractivity contribution in [2.24, 2.45) is 11.1 Å². The Labute approximate surface area is 291 Å². The number of nitrogens with zero attached hydrogens (tertiary/aromatic N) is 3. The van der Waals surface area contributed by atoms with Crippen molar-refractivity contribution in [3.05, 3.63) is 35.0 Å². The highest BCUT2D eigenvalue weighted by Crippen LogP contribution is 2.40. The highest BCUT2D eigenvalue weighted by atomic mass is 32.1. The maximum atomic E-state index is 14.5. The Morgan fingerprint density at radius 2 is 1.92 bits per heavy atom. The van der Waals surface area contributed by atoms with Crippen molar-refractivity contribution in [1.82, 2.24) is 25.4 Å². The molecule has 49 heavy (non-hydrogen) atoms. The Kier molecular flexibility index (Phi) is 12.0. The van der Waals surface area contributed by atoms with Crippen LogP contribution in [0.15, 0.2) is 23.7 Å². The van der Waals surface area contributed by atoms with Gasteiger partial charge in [-0.3, -0.25) is 14.4 Å². The number of β-amino-alcohol motifs (C(OH)–C–C–N with tert-alkyl or cyclic N) is 1. The number of amides is 3. The number of aliphatic hydroxyl groups is 1. The van der Waals surface area contributed by atoms with Gasteiger partial charge in [-0.05, 0) is 62.7 Å². The molecule has 0 spiro atoms. The number of carbonyl (C=O) groups excluding carboxylic acids is 3. The number of hydrogen-bond donors (Lipinski definition) is 4. The summed E-state index contributed by atoms with van der Waals surface area (Å²) in [5.74, 6) is -1.19. The number of hydrogen-bond acceptors (Lipinski definition) is 10. The Morgan fingerprint density at radius 1 is 1.18 bits per heavy atom. The second-order valence-electron chi connectivity index (χ2n) is 14.6. The van der Waals surface area contributed by atoms with Crippen molar-refractivity contribution in [2.75, 3.05) is 46.0 Å². The monoisotopic (exact) mass is 702 g/mol. The van der Waals surface area contributed by atoms with Crippen LogP contribution in [0.5, 0.6) is 5.75 Å². The predicted molar refractivity (Wildman–Crippen MR) is 185 cm³/mol. The second kappa shape index (κ2) is 15.8. The molecule has 2 aromatic rings. The zero-order valence-corrected chi connectivity index (χ0v) is 29.8. The van der Waals surface area contributed by atoms with E-state index in [0.717, 1.165) is 54.2 Å². The Morgan fingerprint density at radius 3 is 2.57 bits per heavy atom. The molecule has 1 aromatic heterocycles. The number of aromatic nitrogens is 1. The SMILES string of the molecule is Cc1ncsc1-c1ccc(CNC(=O)C2CC(O)CN2C(=O)[C@@H](NC(=O)C2(F)CC2)C(C)(C)C)c(OCCOCCN2CCC(N)CC2)c1. The fourth-order valence-corrected chi connectivity index (χ4v) is 7.06. The molecule has 5 rings (SSSR count). The number of thiazole rings is 1. The number of alkyl halides is 1. The molecule has 3 heterocycles. The molecule has 2 saturated heterocycles. The first kappa shape index (κ1) is 37.1. The molecule has 1 saturated carbocycles. The summed E-state index contributed by atoms with van der Waals surface area (Å²) < 4.78 is 26.6. The van der Waals surface area contributed by atoms with Crippen molar-refractivity contribution in [2.45, 2.75) is 96.2 Å². The van der Waals surface area contributed by atoms with Gasteiger partial charge in [0.25, 0.3) is 5.91 Å². The Balaban J connectivity index is 1.22. The van der Waals surface area contributed by atoms with Gasteiger partial charge in [-0.2, -0.15) is 0 Å². The first-order valence-electron chi connectivity index (χ1n) is 17.2. The highest BCUT2D eigenvalue weighted by Gasteiger charge is 2.53. The zero-order valence-electron chi connectivity index (χ0n) is 29.0. The molecule has 12 nitrogen and oxygen atoms in total. The number of nitrogens with two attached hydrogens (primary N) is 1. The summed E-state index contributed by atoms with van der Waals surface area (Å²) in [5, 5.41) is 16.0. The number of aryl methyl sites for hydroxylation is 1. The average molecular weight is 703 g/mol. The summed E-state index contributed by atoms with van der Waals surface area (Å²) in [4.78, 5) is 49.0. The third-order valence-corrected chi connectivity index (χ3v) is 10.5. The average Bonchev–Trinajstić information content (AvgIpc) is 3.47. The highest BCUT2D eigenvalue weighted by molar-refractivity contribution is 7.13. The van der Waals surface area contributed by atoms with Crippen LogP contribution in [0, 0.1) is 12.3 Å². The van der Waals surface area contributed by atoms with E-state index in [1.54, 1.807) is 26.3 Å². The van der Waals surface area contributed by atoms with Crippen molar-refractivity contribution >= 4 is 29.1 Å². The van der Waals surface area contributed by atoms with Crippen LogP contribution in [0.1, 0.15) is 64.1 Å². The van der Waals surface area contributed by atoms with Crippen molar-refractivity contribution in [3.63, 3.8) is 0 Å². The van der Waals surface area contributed by atoms with Crippen LogP contribution in [0.2, 0.25) is 0 Å². The summed E-state index contributed by atoms with van der Waals surface area (Å²) in [6.45, 7) is 11.4. The van der Waals surface area contributed by atoms with E-state index in [2.05, 4.69) is 20.5 Å². The molecule has 0 bridgehead atoms. The molecule has 3 atom stereocenters. The summed E-state index contributed by atoms with van der Waals surface area (Å²) in [6.07, 6.45) is 1.38. The van der Waals surface area contributed by atoms with Crippen LogP contribution < -0.4 is 21.1 Å². The molecule has 5 N–H and O–H groups in total. The number of nitrogens with one attached hydrogen (secondary N) is 2. The van der Waals surface area contributed by atoms with Gasteiger partial charge >= 0.3 is 0 Å². The summed E-state index contributed by atoms with van der Waals surface area (Å²) >= 11 is 1.53. The fourth-order valence-electron chi connectivity index (χ4n) is 6.26. The minimum atomic E-state index is -1.95. The molecule has 270 valence electrons. The maximum absolute atomic E-state index is 14.5. The molecule has 2 aliphatic heterocycles. The second-order valence-corrected chi connectivity index (χ2v) is 15.4. The van der Waals surface area contributed by atoms with Crippen LogP contribution in [0.3, 0.4) is 0 Å². The van der Waals surface area contributed by atoms with E-state index in [0.29, 0.717) is 31.6 Å².